The zero-order valence-electron chi connectivity index (χ0n) is 7.56. The van der Waals surface area contributed by atoms with Gasteiger partial charge in [-0.2, -0.15) is 0 Å². The fraction of sp³-hybridized carbons (Fsp3) is 0.375. The van der Waals surface area contributed by atoms with E-state index < -0.39 is 17.9 Å². The summed E-state index contributed by atoms with van der Waals surface area (Å²) in [6, 6.07) is -0.841. The van der Waals surface area contributed by atoms with E-state index in [9.17, 15) is 9.59 Å². The Hall–Kier alpha value is -1.43. The third-order valence-electron chi connectivity index (χ3n) is 1.64. The van der Waals surface area contributed by atoms with Crippen LogP contribution in [0.15, 0.2) is 11.6 Å². The van der Waals surface area contributed by atoms with E-state index in [0.29, 0.717) is 6.42 Å². The highest BCUT2D eigenvalue weighted by Crippen LogP contribution is 2.04. The molecule has 5 nitrogen and oxygen atoms in total. The lowest BCUT2D eigenvalue weighted by Gasteiger charge is -2.10. The van der Waals surface area contributed by atoms with E-state index >= 15 is 0 Å². The van der Waals surface area contributed by atoms with Crippen molar-refractivity contribution in [3.8, 4) is 0 Å². The maximum absolute atomic E-state index is 11.4. The zero-order chi connectivity index (χ0) is 10.6. The van der Waals surface area contributed by atoms with Crippen LogP contribution in [0, 0.1) is 0 Å². The Labute approximate surface area is 84.8 Å². The molecule has 0 saturated carbocycles. The molecule has 1 rings (SSSR count). The van der Waals surface area contributed by atoms with Crippen molar-refractivity contribution in [2.75, 3.05) is 0 Å². The largest absolute Gasteiger partial charge is 0.480 e. The number of hydrogen-bond acceptors (Lipinski definition) is 4. The number of amides is 1. The van der Waals surface area contributed by atoms with Crippen molar-refractivity contribution in [2.24, 2.45) is 0 Å². The van der Waals surface area contributed by atoms with Gasteiger partial charge in [-0.25, -0.2) is 9.78 Å². The van der Waals surface area contributed by atoms with E-state index in [-0.39, 0.29) is 5.01 Å². The number of carboxylic acids is 1. The number of carbonyl (C=O) groups excluding carboxylic acids is 1. The highest BCUT2D eigenvalue weighted by atomic mass is 32.1. The standard InChI is InChI=1S/C8H10N2O3S/c1-2-5(8(12)13)10-6(11)7-9-3-4-14-7/h3-5H,2H2,1H3,(H,10,11)(H,12,13). The number of nitrogens with zero attached hydrogens (tertiary/aromatic N) is 1. The van der Waals surface area contributed by atoms with Crippen LogP contribution >= 0.6 is 11.3 Å². The van der Waals surface area contributed by atoms with Gasteiger partial charge in [0.1, 0.15) is 6.04 Å². The summed E-state index contributed by atoms with van der Waals surface area (Å²) in [4.78, 5) is 25.7. The summed E-state index contributed by atoms with van der Waals surface area (Å²) < 4.78 is 0. The van der Waals surface area contributed by atoms with Crippen molar-refractivity contribution in [1.82, 2.24) is 10.3 Å². The molecule has 0 aliphatic heterocycles. The second kappa shape index (κ2) is 4.71. The van der Waals surface area contributed by atoms with Gasteiger partial charge in [0.05, 0.1) is 0 Å². The predicted molar refractivity (Wildman–Crippen MR) is 51.3 cm³/mol. The van der Waals surface area contributed by atoms with E-state index in [1.807, 2.05) is 0 Å². The number of rotatable bonds is 4. The Morgan fingerprint density at radius 3 is 2.86 bits per heavy atom. The molecule has 2 N–H and O–H groups in total. The van der Waals surface area contributed by atoms with E-state index in [1.165, 1.54) is 17.5 Å². The Bertz CT molecular complexity index is 323. The van der Waals surface area contributed by atoms with Crippen LogP contribution in [0.4, 0.5) is 0 Å². The molecule has 0 aliphatic rings. The third kappa shape index (κ3) is 2.53. The topological polar surface area (TPSA) is 79.3 Å². The number of aromatic nitrogens is 1. The molecule has 0 saturated heterocycles. The molecule has 76 valence electrons. The third-order valence-corrected chi connectivity index (χ3v) is 2.41. The van der Waals surface area contributed by atoms with Gasteiger partial charge in [-0.05, 0) is 6.42 Å². The molecule has 6 heteroatoms. The fourth-order valence-corrected chi connectivity index (χ4v) is 1.43. The van der Waals surface area contributed by atoms with E-state index in [2.05, 4.69) is 10.3 Å². The summed E-state index contributed by atoms with van der Waals surface area (Å²) in [5.41, 5.74) is 0. The molecule has 1 unspecified atom stereocenters. The number of carbonyl (C=O) groups is 2. The molecule has 1 aromatic rings. The summed E-state index contributed by atoms with van der Waals surface area (Å²) in [6.07, 6.45) is 1.85. The smallest absolute Gasteiger partial charge is 0.326 e. The maximum Gasteiger partial charge on any atom is 0.326 e. The Morgan fingerprint density at radius 2 is 2.43 bits per heavy atom. The summed E-state index contributed by atoms with van der Waals surface area (Å²) in [7, 11) is 0. The quantitative estimate of drug-likeness (QED) is 0.774. The first kappa shape index (κ1) is 10.6. The average molecular weight is 214 g/mol. The van der Waals surface area contributed by atoms with E-state index in [4.69, 9.17) is 5.11 Å². The lowest BCUT2D eigenvalue weighted by Crippen LogP contribution is -2.40. The normalized spacial score (nSPS) is 12.1. The zero-order valence-corrected chi connectivity index (χ0v) is 8.37. The van der Waals surface area contributed by atoms with Crippen LogP contribution in [-0.4, -0.2) is 28.0 Å². The molecule has 0 bridgehead atoms. The molecule has 1 atom stereocenters. The molecule has 0 radical (unpaired) electrons. The van der Waals surface area contributed by atoms with Crippen LogP contribution in [0.25, 0.3) is 0 Å². The van der Waals surface area contributed by atoms with Gasteiger partial charge in [-0.3, -0.25) is 4.79 Å². The second-order valence-electron chi connectivity index (χ2n) is 2.61. The van der Waals surface area contributed by atoms with Crippen LogP contribution in [0.3, 0.4) is 0 Å². The van der Waals surface area contributed by atoms with E-state index in [0.717, 1.165) is 0 Å². The van der Waals surface area contributed by atoms with Crippen molar-refractivity contribution in [3.05, 3.63) is 16.6 Å². The van der Waals surface area contributed by atoms with Gasteiger partial charge >= 0.3 is 5.97 Å². The second-order valence-corrected chi connectivity index (χ2v) is 3.50. The van der Waals surface area contributed by atoms with Gasteiger partial charge in [-0.1, -0.05) is 6.92 Å². The molecular weight excluding hydrogens is 204 g/mol. The number of thiazole rings is 1. The number of hydrogen-bond donors (Lipinski definition) is 2. The lowest BCUT2D eigenvalue weighted by molar-refractivity contribution is -0.139. The minimum absolute atomic E-state index is 0.282. The first-order chi connectivity index (χ1) is 6.65. The van der Waals surface area contributed by atoms with Gasteiger partial charge in [-0.15, -0.1) is 11.3 Å². The van der Waals surface area contributed by atoms with Gasteiger partial charge in [0.25, 0.3) is 5.91 Å². The molecule has 0 aliphatic carbocycles. The number of carboxylic acid groups (broad SMARTS) is 1. The minimum atomic E-state index is -1.03. The molecule has 0 aromatic carbocycles. The van der Waals surface area contributed by atoms with Crippen LogP contribution < -0.4 is 5.32 Å². The van der Waals surface area contributed by atoms with Crippen LogP contribution in [0.1, 0.15) is 23.1 Å². The van der Waals surface area contributed by atoms with Gasteiger partial charge in [0, 0.05) is 11.6 Å². The average Bonchev–Trinajstić information content (AvgIpc) is 2.65. The summed E-state index contributed by atoms with van der Waals surface area (Å²) >= 11 is 1.18. The van der Waals surface area contributed by atoms with Crippen molar-refractivity contribution < 1.29 is 14.7 Å². The van der Waals surface area contributed by atoms with Gasteiger partial charge < -0.3 is 10.4 Å². The van der Waals surface area contributed by atoms with Gasteiger partial charge in [0.2, 0.25) is 0 Å². The SMILES string of the molecule is CCC(NC(=O)c1nccs1)C(=O)O. The first-order valence-electron chi connectivity index (χ1n) is 4.08. The summed E-state index contributed by atoms with van der Waals surface area (Å²) in [6.45, 7) is 1.70. The minimum Gasteiger partial charge on any atom is -0.480 e. The Kier molecular flexibility index (Phi) is 3.58. The predicted octanol–water partition coefficient (Wildman–Crippen LogP) is 0.736. The molecule has 0 fully saturated rings. The molecule has 0 spiro atoms. The number of aliphatic carboxylic acids is 1. The monoisotopic (exact) mass is 214 g/mol. The molecule has 1 aromatic heterocycles. The van der Waals surface area contributed by atoms with Crippen molar-refractivity contribution in [3.63, 3.8) is 0 Å². The van der Waals surface area contributed by atoms with E-state index in [1.54, 1.807) is 12.3 Å². The van der Waals surface area contributed by atoms with Crippen molar-refractivity contribution in [1.29, 1.82) is 0 Å². The van der Waals surface area contributed by atoms with Crippen molar-refractivity contribution >= 4 is 23.2 Å². The summed E-state index contributed by atoms with van der Waals surface area (Å²) in [5.74, 6) is -1.47. The fourth-order valence-electron chi connectivity index (χ4n) is 0.894. The van der Waals surface area contributed by atoms with Crippen LogP contribution in [0.2, 0.25) is 0 Å². The lowest BCUT2D eigenvalue weighted by atomic mass is 10.2. The first-order valence-corrected chi connectivity index (χ1v) is 4.96. The Balaban J connectivity index is 2.60. The molecule has 1 amide bonds. The van der Waals surface area contributed by atoms with Gasteiger partial charge in [0.15, 0.2) is 5.01 Å². The number of nitrogens with one attached hydrogen (secondary N) is 1. The molecule has 1 heterocycles. The highest BCUT2D eigenvalue weighted by Gasteiger charge is 2.19. The molecule has 14 heavy (non-hydrogen) atoms. The highest BCUT2D eigenvalue weighted by molar-refractivity contribution is 7.11. The molecular formula is C8H10N2O3S. The maximum atomic E-state index is 11.4. The van der Waals surface area contributed by atoms with Crippen molar-refractivity contribution in [2.45, 2.75) is 19.4 Å². The Morgan fingerprint density at radius 1 is 1.71 bits per heavy atom. The van der Waals surface area contributed by atoms with Crippen LogP contribution in [0.5, 0.6) is 0 Å². The van der Waals surface area contributed by atoms with Crippen LogP contribution in [-0.2, 0) is 4.79 Å². The summed E-state index contributed by atoms with van der Waals surface area (Å²) in [5, 5.41) is 13.0.